The van der Waals surface area contributed by atoms with Crippen LogP contribution in [0.2, 0.25) is 0 Å². The zero-order valence-electron chi connectivity index (χ0n) is 10.6. The minimum atomic E-state index is -0.959. The van der Waals surface area contributed by atoms with Crippen LogP contribution in [0.5, 0.6) is 0 Å². The standard InChI is InChI=1S/C12H16N4O3/c1-8-4-6-16(10(8)11(17)18)12(19)13-7-9-3-2-5-14-15-9/h2-3,5,8,10H,4,6-7H2,1H3,(H,13,19)(H,17,18). The Bertz CT molecular complexity index is 465. The van der Waals surface area contributed by atoms with Crippen molar-refractivity contribution in [1.29, 1.82) is 0 Å². The van der Waals surface area contributed by atoms with Gasteiger partial charge < -0.3 is 15.3 Å². The van der Waals surface area contributed by atoms with Gasteiger partial charge in [-0.2, -0.15) is 10.2 Å². The number of nitrogens with one attached hydrogen (secondary N) is 1. The molecule has 0 aliphatic carbocycles. The van der Waals surface area contributed by atoms with Crippen LogP contribution in [0.25, 0.3) is 0 Å². The normalized spacial score (nSPS) is 22.3. The predicted octanol–water partition coefficient (Wildman–Crippen LogP) is 0.481. The molecule has 1 aromatic rings. The van der Waals surface area contributed by atoms with Crippen molar-refractivity contribution < 1.29 is 14.7 Å². The van der Waals surface area contributed by atoms with Crippen LogP contribution in [0.3, 0.4) is 0 Å². The molecule has 0 aromatic carbocycles. The zero-order valence-corrected chi connectivity index (χ0v) is 10.6. The van der Waals surface area contributed by atoms with Crippen molar-refractivity contribution in [3.8, 4) is 0 Å². The van der Waals surface area contributed by atoms with E-state index in [-0.39, 0.29) is 18.5 Å². The summed E-state index contributed by atoms with van der Waals surface area (Å²) in [5.41, 5.74) is 0.634. The van der Waals surface area contributed by atoms with Gasteiger partial charge in [-0.3, -0.25) is 0 Å². The number of carboxylic acid groups (broad SMARTS) is 1. The van der Waals surface area contributed by atoms with Gasteiger partial charge in [-0.25, -0.2) is 9.59 Å². The second-order valence-electron chi connectivity index (χ2n) is 4.62. The molecule has 2 unspecified atom stereocenters. The van der Waals surface area contributed by atoms with E-state index < -0.39 is 12.0 Å². The maximum absolute atomic E-state index is 12.0. The first-order chi connectivity index (χ1) is 9.09. The molecule has 2 N–H and O–H groups in total. The fourth-order valence-electron chi connectivity index (χ4n) is 2.25. The first-order valence-electron chi connectivity index (χ1n) is 6.13. The lowest BCUT2D eigenvalue weighted by atomic mass is 10.0. The predicted molar refractivity (Wildman–Crippen MR) is 66.2 cm³/mol. The zero-order chi connectivity index (χ0) is 13.8. The van der Waals surface area contributed by atoms with Crippen LogP contribution in [0.4, 0.5) is 4.79 Å². The summed E-state index contributed by atoms with van der Waals surface area (Å²) in [6, 6.07) is 2.35. The van der Waals surface area contributed by atoms with Crippen molar-refractivity contribution in [2.24, 2.45) is 5.92 Å². The molecular formula is C12H16N4O3. The van der Waals surface area contributed by atoms with E-state index in [1.807, 2.05) is 6.92 Å². The van der Waals surface area contributed by atoms with Gasteiger partial charge in [0.25, 0.3) is 0 Å². The maximum atomic E-state index is 12.0. The molecule has 1 aliphatic heterocycles. The fourth-order valence-corrected chi connectivity index (χ4v) is 2.25. The molecule has 1 aliphatic rings. The van der Waals surface area contributed by atoms with Gasteiger partial charge in [0.2, 0.25) is 0 Å². The third-order valence-corrected chi connectivity index (χ3v) is 3.26. The maximum Gasteiger partial charge on any atom is 0.326 e. The summed E-state index contributed by atoms with van der Waals surface area (Å²) in [5.74, 6) is -0.987. The van der Waals surface area contributed by atoms with Crippen molar-refractivity contribution in [3.05, 3.63) is 24.0 Å². The number of rotatable bonds is 3. The van der Waals surface area contributed by atoms with Crippen LogP contribution in [-0.2, 0) is 11.3 Å². The van der Waals surface area contributed by atoms with Crippen LogP contribution in [0.1, 0.15) is 19.0 Å². The summed E-state index contributed by atoms with van der Waals surface area (Å²) in [4.78, 5) is 24.5. The Morgan fingerprint density at radius 1 is 1.58 bits per heavy atom. The molecule has 2 heterocycles. The highest BCUT2D eigenvalue weighted by molar-refractivity contribution is 5.83. The van der Waals surface area contributed by atoms with Crippen LogP contribution >= 0.6 is 0 Å². The molecule has 0 radical (unpaired) electrons. The van der Waals surface area contributed by atoms with Crippen molar-refractivity contribution in [2.45, 2.75) is 25.9 Å². The molecule has 19 heavy (non-hydrogen) atoms. The largest absolute Gasteiger partial charge is 0.480 e. The molecule has 2 atom stereocenters. The third-order valence-electron chi connectivity index (χ3n) is 3.26. The molecule has 7 heteroatoms. The second kappa shape index (κ2) is 5.64. The topological polar surface area (TPSA) is 95.4 Å². The fraction of sp³-hybridized carbons (Fsp3) is 0.500. The Hall–Kier alpha value is -2.18. The van der Waals surface area contributed by atoms with E-state index in [1.165, 1.54) is 4.90 Å². The lowest BCUT2D eigenvalue weighted by molar-refractivity contribution is -0.142. The average molecular weight is 264 g/mol. The van der Waals surface area contributed by atoms with E-state index in [9.17, 15) is 9.59 Å². The molecule has 2 amide bonds. The number of nitrogens with zero attached hydrogens (tertiary/aromatic N) is 3. The molecule has 1 saturated heterocycles. The third kappa shape index (κ3) is 2.98. The van der Waals surface area contributed by atoms with Crippen LogP contribution in [-0.4, -0.2) is 44.8 Å². The van der Waals surface area contributed by atoms with Crippen molar-refractivity contribution in [2.75, 3.05) is 6.54 Å². The summed E-state index contributed by atoms with van der Waals surface area (Å²) in [6.07, 6.45) is 2.25. The summed E-state index contributed by atoms with van der Waals surface area (Å²) < 4.78 is 0. The molecule has 0 bridgehead atoms. The van der Waals surface area contributed by atoms with Gasteiger partial charge in [0.15, 0.2) is 0 Å². The highest BCUT2D eigenvalue weighted by Gasteiger charge is 2.39. The summed E-state index contributed by atoms with van der Waals surface area (Å²) in [7, 11) is 0. The lowest BCUT2D eigenvalue weighted by Gasteiger charge is -2.23. The van der Waals surface area contributed by atoms with Gasteiger partial charge in [-0.1, -0.05) is 6.92 Å². The number of likely N-dealkylation sites (tertiary alicyclic amines) is 1. The average Bonchev–Trinajstić information content (AvgIpc) is 2.79. The van der Waals surface area contributed by atoms with Gasteiger partial charge in [0.05, 0.1) is 12.2 Å². The smallest absolute Gasteiger partial charge is 0.326 e. The minimum Gasteiger partial charge on any atom is -0.480 e. The highest BCUT2D eigenvalue weighted by atomic mass is 16.4. The Kier molecular flexibility index (Phi) is 3.94. The number of carbonyl (C=O) groups is 2. The van der Waals surface area contributed by atoms with Crippen LogP contribution in [0, 0.1) is 5.92 Å². The Morgan fingerprint density at radius 3 is 3.00 bits per heavy atom. The van der Waals surface area contributed by atoms with Gasteiger partial charge in [0, 0.05) is 12.7 Å². The molecular weight excluding hydrogens is 248 g/mol. The number of aliphatic carboxylic acids is 1. The number of aromatic nitrogens is 2. The molecule has 0 saturated carbocycles. The Morgan fingerprint density at radius 2 is 2.37 bits per heavy atom. The quantitative estimate of drug-likeness (QED) is 0.828. The highest BCUT2D eigenvalue weighted by Crippen LogP contribution is 2.23. The lowest BCUT2D eigenvalue weighted by Crippen LogP contribution is -2.47. The molecule has 7 nitrogen and oxygen atoms in total. The molecule has 102 valence electrons. The van der Waals surface area contributed by atoms with E-state index in [0.29, 0.717) is 18.7 Å². The van der Waals surface area contributed by atoms with Crippen molar-refractivity contribution in [3.63, 3.8) is 0 Å². The number of hydrogen-bond donors (Lipinski definition) is 2. The second-order valence-corrected chi connectivity index (χ2v) is 4.62. The van der Waals surface area contributed by atoms with Crippen molar-refractivity contribution >= 4 is 12.0 Å². The van der Waals surface area contributed by atoms with E-state index in [2.05, 4.69) is 15.5 Å². The van der Waals surface area contributed by atoms with Gasteiger partial charge in [-0.05, 0) is 24.5 Å². The first kappa shape index (κ1) is 13.3. The molecule has 1 aromatic heterocycles. The SMILES string of the molecule is CC1CCN(C(=O)NCc2cccnn2)C1C(=O)O. The minimum absolute atomic E-state index is 0.0280. The molecule has 2 rings (SSSR count). The van der Waals surface area contributed by atoms with E-state index in [0.717, 1.165) is 0 Å². The number of amides is 2. The molecule has 1 fully saturated rings. The number of urea groups is 1. The first-order valence-corrected chi connectivity index (χ1v) is 6.13. The number of carbonyl (C=O) groups excluding carboxylic acids is 1. The summed E-state index contributed by atoms with van der Waals surface area (Å²) >= 11 is 0. The van der Waals surface area contributed by atoms with Crippen LogP contribution < -0.4 is 5.32 Å². The Balaban J connectivity index is 1.95. The number of carboxylic acids is 1. The van der Waals surface area contributed by atoms with Gasteiger partial charge in [-0.15, -0.1) is 0 Å². The van der Waals surface area contributed by atoms with E-state index >= 15 is 0 Å². The van der Waals surface area contributed by atoms with Gasteiger partial charge in [0.1, 0.15) is 6.04 Å². The van der Waals surface area contributed by atoms with Crippen molar-refractivity contribution in [1.82, 2.24) is 20.4 Å². The van der Waals surface area contributed by atoms with E-state index in [1.54, 1.807) is 18.3 Å². The monoisotopic (exact) mass is 264 g/mol. The van der Waals surface area contributed by atoms with Gasteiger partial charge >= 0.3 is 12.0 Å². The summed E-state index contributed by atoms with van der Waals surface area (Å²) in [6.45, 7) is 2.54. The van der Waals surface area contributed by atoms with E-state index in [4.69, 9.17) is 5.11 Å². The van der Waals surface area contributed by atoms with Crippen LogP contribution in [0.15, 0.2) is 18.3 Å². The molecule has 0 spiro atoms. The summed E-state index contributed by atoms with van der Waals surface area (Å²) in [5, 5.41) is 19.4. The Labute approximate surface area is 110 Å². The number of hydrogen-bond acceptors (Lipinski definition) is 4.